The molecule has 1 aromatic heterocycles. The number of esters is 1. The molecule has 1 aromatic carbocycles. The molecule has 132 valence electrons. The minimum Gasteiger partial charge on any atom is -0.451 e. The summed E-state index contributed by atoms with van der Waals surface area (Å²) in [5.74, 6) is -0.0601. The van der Waals surface area contributed by atoms with Gasteiger partial charge in [-0.05, 0) is 45.2 Å². The van der Waals surface area contributed by atoms with Gasteiger partial charge in [0.2, 0.25) is 5.89 Å². The number of amides is 1. The van der Waals surface area contributed by atoms with E-state index in [9.17, 15) is 9.59 Å². The summed E-state index contributed by atoms with van der Waals surface area (Å²) in [6.45, 7) is 4.13. The number of oxazole rings is 1. The number of likely N-dealkylation sites (tertiary alicyclic amines) is 1. The smallest absolute Gasteiger partial charge is 0.361 e. The number of nitrogens with zero attached hydrogens (tertiary/aromatic N) is 2. The van der Waals surface area contributed by atoms with Crippen LogP contribution < -0.4 is 0 Å². The van der Waals surface area contributed by atoms with Crippen LogP contribution in [0.15, 0.2) is 34.7 Å². The predicted molar refractivity (Wildman–Crippen MR) is 92.0 cm³/mol. The molecule has 3 rings (SSSR count). The van der Waals surface area contributed by atoms with E-state index >= 15 is 0 Å². The van der Waals surface area contributed by atoms with Gasteiger partial charge in [0, 0.05) is 18.2 Å². The zero-order valence-electron chi connectivity index (χ0n) is 14.5. The Balaban J connectivity index is 1.64. The molecular weight excluding hydrogens is 320 g/mol. The van der Waals surface area contributed by atoms with Crippen molar-refractivity contribution in [2.75, 3.05) is 13.2 Å². The van der Waals surface area contributed by atoms with Crippen LogP contribution in [-0.2, 0) is 9.53 Å². The molecule has 1 aliphatic rings. The molecule has 0 unspecified atom stereocenters. The number of piperidine rings is 1. The Bertz CT molecular complexity index is 754. The zero-order chi connectivity index (χ0) is 17.8. The summed E-state index contributed by atoms with van der Waals surface area (Å²) in [7, 11) is 0. The van der Waals surface area contributed by atoms with E-state index in [0.29, 0.717) is 11.7 Å². The van der Waals surface area contributed by atoms with Crippen LogP contribution in [0.25, 0.3) is 11.5 Å². The first-order chi connectivity index (χ1) is 12.1. The molecule has 0 saturated carbocycles. The van der Waals surface area contributed by atoms with Crippen molar-refractivity contribution in [2.24, 2.45) is 0 Å². The van der Waals surface area contributed by atoms with Gasteiger partial charge in [-0.3, -0.25) is 4.79 Å². The molecule has 0 aliphatic carbocycles. The minimum absolute atomic E-state index is 0.110. The van der Waals surface area contributed by atoms with E-state index in [2.05, 4.69) is 4.98 Å². The van der Waals surface area contributed by atoms with Crippen molar-refractivity contribution in [3.63, 3.8) is 0 Å². The summed E-state index contributed by atoms with van der Waals surface area (Å²) in [5, 5.41) is 0. The topological polar surface area (TPSA) is 72.6 Å². The standard InChI is InChI=1S/C19H22N2O4/c1-13-8-6-7-11-21(13)16(22)12-24-19(23)17-14(2)25-18(20-17)15-9-4-3-5-10-15/h3-5,9-10,13H,6-8,11-12H2,1-2H3/t13-/m0/s1. The molecule has 0 N–H and O–H groups in total. The number of carbonyl (C=O) groups is 2. The molecule has 1 atom stereocenters. The lowest BCUT2D eigenvalue weighted by Crippen LogP contribution is -2.44. The van der Waals surface area contributed by atoms with E-state index in [1.165, 1.54) is 0 Å². The highest BCUT2D eigenvalue weighted by Crippen LogP contribution is 2.22. The Hall–Kier alpha value is -2.63. The molecule has 2 heterocycles. The Labute approximate surface area is 146 Å². The van der Waals surface area contributed by atoms with E-state index in [1.807, 2.05) is 37.3 Å². The van der Waals surface area contributed by atoms with Crippen LogP contribution in [0.4, 0.5) is 0 Å². The Morgan fingerprint density at radius 3 is 2.76 bits per heavy atom. The van der Waals surface area contributed by atoms with Crippen LogP contribution in [0, 0.1) is 6.92 Å². The quantitative estimate of drug-likeness (QED) is 0.798. The lowest BCUT2D eigenvalue weighted by molar-refractivity contribution is -0.137. The summed E-state index contributed by atoms with van der Waals surface area (Å²) in [4.78, 5) is 30.5. The predicted octanol–water partition coefficient (Wildman–Crippen LogP) is 3.21. The molecule has 6 nitrogen and oxygen atoms in total. The fourth-order valence-corrected chi connectivity index (χ4v) is 3.04. The fourth-order valence-electron chi connectivity index (χ4n) is 3.04. The van der Waals surface area contributed by atoms with E-state index in [4.69, 9.17) is 9.15 Å². The number of rotatable bonds is 4. The third kappa shape index (κ3) is 3.90. The van der Waals surface area contributed by atoms with Crippen LogP contribution in [-0.4, -0.2) is 41.0 Å². The molecule has 0 radical (unpaired) electrons. The molecule has 6 heteroatoms. The van der Waals surface area contributed by atoms with Gasteiger partial charge in [-0.1, -0.05) is 18.2 Å². The third-order valence-electron chi connectivity index (χ3n) is 4.46. The first-order valence-electron chi connectivity index (χ1n) is 8.55. The van der Waals surface area contributed by atoms with Crippen LogP contribution in [0.3, 0.4) is 0 Å². The number of aromatic nitrogens is 1. The van der Waals surface area contributed by atoms with Gasteiger partial charge in [0.15, 0.2) is 12.3 Å². The van der Waals surface area contributed by atoms with Gasteiger partial charge in [-0.15, -0.1) is 0 Å². The van der Waals surface area contributed by atoms with Crippen LogP contribution in [0.1, 0.15) is 42.4 Å². The largest absolute Gasteiger partial charge is 0.451 e. The first-order valence-corrected chi connectivity index (χ1v) is 8.55. The van der Waals surface area contributed by atoms with Gasteiger partial charge >= 0.3 is 5.97 Å². The Kier molecular flexibility index (Phi) is 5.16. The maximum absolute atomic E-state index is 12.3. The molecular formula is C19H22N2O4. The fraction of sp³-hybridized carbons (Fsp3) is 0.421. The molecule has 1 fully saturated rings. The summed E-state index contributed by atoms with van der Waals surface area (Å²) in [5.41, 5.74) is 0.890. The highest BCUT2D eigenvalue weighted by atomic mass is 16.5. The number of hydrogen-bond acceptors (Lipinski definition) is 5. The van der Waals surface area contributed by atoms with E-state index in [0.717, 1.165) is 31.4 Å². The third-order valence-corrected chi connectivity index (χ3v) is 4.46. The van der Waals surface area contributed by atoms with Crippen molar-refractivity contribution < 1.29 is 18.7 Å². The first kappa shape index (κ1) is 17.2. The van der Waals surface area contributed by atoms with E-state index in [-0.39, 0.29) is 24.2 Å². The van der Waals surface area contributed by atoms with Crippen molar-refractivity contribution in [1.82, 2.24) is 9.88 Å². The Morgan fingerprint density at radius 2 is 2.04 bits per heavy atom. The monoisotopic (exact) mass is 342 g/mol. The van der Waals surface area contributed by atoms with Crippen molar-refractivity contribution in [3.8, 4) is 11.5 Å². The highest BCUT2D eigenvalue weighted by molar-refractivity contribution is 5.91. The normalized spacial score (nSPS) is 17.4. The lowest BCUT2D eigenvalue weighted by Gasteiger charge is -2.33. The molecule has 1 saturated heterocycles. The minimum atomic E-state index is -0.638. The van der Waals surface area contributed by atoms with Gasteiger partial charge in [0.25, 0.3) is 5.91 Å². The van der Waals surface area contributed by atoms with Crippen LogP contribution in [0.2, 0.25) is 0 Å². The second-order valence-electron chi connectivity index (χ2n) is 6.30. The number of hydrogen-bond donors (Lipinski definition) is 0. The summed E-state index contributed by atoms with van der Waals surface area (Å²) >= 11 is 0. The number of carbonyl (C=O) groups excluding carboxylic acids is 2. The van der Waals surface area contributed by atoms with Gasteiger partial charge < -0.3 is 14.1 Å². The average molecular weight is 342 g/mol. The average Bonchev–Trinajstić information content (AvgIpc) is 3.02. The maximum Gasteiger partial charge on any atom is 0.361 e. The molecule has 25 heavy (non-hydrogen) atoms. The van der Waals surface area contributed by atoms with Gasteiger partial charge in [0.05, 0.1) is 0 Å². The molecule has 0 bridgehead atoms. The summed E-state index contributed by atoms with van der Waals surface area (Å²) < 4.78 is 10.7. The van der Waals surface area contributed by atoms with Gasteiger partial charge in [0.1, 0.15) is 5.76 Å². The molecule has 1 amide bonds. The van der Waals surface area contributed by atoms with Gasteiger partial charge in [-0.25, -0.2) is 9.78 Å². The summed E-state index contributed by atoms with van der Waals surface area (Å²) in [6.07, 6.45) is 3.11. The lowest BCUT2D eigenvalue weighted by atomic mass is 10.0. The van der Waals surface area contributed by atoms with E-state index < -0.39 is 5.97 Å². The Morgan fingerprint density at radius 1 is 1.28 bits per heavy atom. The van der Waals surface area contributed by atoms with Crippen molar-refractivity contribution in [3.05, 3.63) is 41.8 Å². The van der Waals surface area contributed by atoms with E-state index in [1.54, 1.807) is 11.8 Å². The molecule has 2 aromatic rings. The van der Waals surface area contributed by atoms with Crippen LogP contribution >= 0.6 is 0 Å². The number of aryl methyl sites for hydroxylation is 1. The van der Waals surface area contributed by atoms with Gasteiger partial charge in [-0.2, -0.15) is 0 Å². The SMILES string of the molecule is Cc1oc(-c2ccccc2)nc1C(=O)OCC(=O)N1CCCC[C@@H]1C. The second-order valence-corrected chi connectivity index (χ2v) is 6.30. The van der Waals surface area contributed by atoms with Crippen molar-refractivity contribution >= 4 is 11.9 Å². The zero-order valence-corrected chi connectivity index (χ0v) is 14.5. The van der Waals surface area contributed by atoms with Crippen LogP contribution in [0.5, 0.6) is 0 Å². The maximum atomic E-state index is 12.3. The van der Waals surface area contributed by atoms with Crippen molar-refractivity contribution in [1.29, 1.82) is 0 Å². The second kappa shape index (κ2) is 7.51. The molecule has 1 aliphatic heterocycles. The summed E-state index contributed by atoms with van der Waals surface area (Å²) in [6, 6.07) is 9.51. The number of benzene rings is 1. The molecule has 0 spiro atoms. The number of ether oxygens (including phenoxy) is 1. The highest BCUT2D eigenvalue weighted by Gasteiger charge is 2.25. The van der Waals surface area contributed by atoms with Crippen molar-refractivity contribution in [2.45, 2.75) is 39.2 Å².